The molecule has 2 atom stereocenters. The van der Waals surface area contributed by atoms with Gasteiger partial charge in [0.05, 0.1) is 13.2 Å². The van der Waals surface area contributed by atoms with Gasteiger partial charge in [0, 0.05) is 44.0 Å². The first-order valence-electron chi connectivity index (χ1n) is 9.05. The van der Waals surface area contributed by atoms with Crippen LogP contribution in [-0.2, 0) is 4.74 Å². The summed E-state index contributed by atoms with van der Waals surface area (Å²) in [6.07, 6.45) is 0. The van der Waals surface area contributed by atoms with Gasteiger partial charge in [0.25, 0.3) is 0 Å². The average molecular weight is 406 g/mol. The van der Waals surface area contributed by atoms with E-state index in [0.717, 1.165) is 56.9 Å². The largest absolute Gasteiger partial charge is 0.378 e. The van der Waals surface area contributed by atoms with Crippen LogP contribution in [0, 0.1) is 18.8 Å². The molecule has 0 radical (unpaired) electrons. The van der Waals surface area contributed by atoms with E-state index in [-0.39, 0.29) is 24.8 Å². The topological polar surface area (TPSA) is 44.7 Å². The summed E-state index contributed by atoms with van der Waals surface area (Å²) in [6.45, 7) is 12.1. The molecule has 2 aliphatic heterocycles. The van der Waals surface area contributed by atoms with E-state index in [1.165, 1.54) is 0 Å². The Balaban J connectivity index is 0.00000169. The summed E-state index contributed by atoms with van der Waals surface area (Å²) in [4.78, 5) is 16.6. The number of aryl methyl sites for hydroxylation is 1. The lowest BCUT2D eigenvalue weighted by molar-refractivity contribution is 0.122. The summed E-state index contributed by atoms with van der Waals surface area (Å²) in [7, 11) is 4.38. The number of aromatic nitrogens is 2. The van der Waals surface area contributed by atoms with E-state index in [1.807, 2.05) is 0 Å². The smallest absolute Gasteiger partial charge is 0.227 e. The molecular weight excluding hydrogens is 373 g/mol. The quantitative estimate of drug-likeness (QED) is 0.766. The van der Waals surface area contributed by atoms with E-state index < -0.39 is 0 Å². The summed E-state index contributed by atoms with van der Waals surface area (Å²) in [5.74, 6) is 3.26. The molecule has 0 amide bonds. The van der Waals surface area contributed by atoms with Crippen LogP contribution in [0.3, 0.4) is 0 Å². The van der Waals surface area contributed by atoms with Gasteiger partial charge in [-0.1, -0.05) is 13.8 Å². The Morgan fingerprint density at radius 1 is 1.08 bits per heavy atom. The monoisotopic (exact) mass is 405 g/mol. The van der Waals surface area contributed by atoms with Gasteiger partial charge in [0.1, 0.15) is 5.82 Å². The molecule has 1 aromatic heterocycles. The number of hydrogen-bond donors (Lipinski definition) is 0. The molecule has 2 aliphatic rings. The van der Waals surface area contributed by atoms with Gasteiger partial charge in [-0.05, 0) is 32.9 Å². The number of morpholine rings is 1. The van der Waals surface area contributed by atoms with Crippen LogP contribution in [0.4, 0.5) is 11.8 Å². The zero-order chi connectivity index (χ0) is 17.3. The van der Waals surface area contributed by atoms with E-state index in [2.05, 4.69) is 60.6 Å². The molecule has 0 saturated carbocycles. The molecule has 0 bridgehead atoms. The van der Waals surface area contributed by atoms with Crippen LogP contribution >= 0.6 is 24.8 Å². The van der Waals surface area contributed by atoms with Crippen molar-refractivity contribution in [1.29, 1.82) is 0 Å². The lowest BCUT2D eigenvalue weighted by Gasteiger charge is -2.28. The summed E-state index contributed by atoms with van der Waals surface area (Å²) in [6, 6.07) is 2.70. The molecule has 2 fully saturated rings. The minimum atomic E-state index is 0. The molecular formula is C18H33Cl2N5O. The van der Waals surface area contributed by atoms with Gasteiger partial charge in [0.2, 0.25) is 5.95 Å². The van der Waals surface area contributed by atoms with Crippen molar-refractivity contribution in [2.75, 3.05) is 63.3 Å². The third kappa shape index (κ3) is 5.12. The fraction of sp³-hybridized carbons (Fsp3) is 0.778. The van der Waals surface area contributed by atoms with E-state index in [9.17, 15) is 0 Å². The Hall–Kier alpha value is -0.820. The van der Waals surface area contributed by atoms with Crippen molar-refractivity contribution in [2.45, 2.75) is 26.8 Å². The number of nitrogens with zero attached hydrogens (tertiary/aromatic N) is 5. The first-order valence-corrected chi connectivity index (χ1v) is 9.05. The Morgan fingerprint density at radius 3 is 2.27 bits per heavy atom. The summed E-state index contributed by atoms with van der Waals surface area (Å²) in [5, 5.41) is 0. The number of anilines is 2. The van der Waals surface area contributed by atoms with Crippen LogP contribution in [0.25, 0.3) is 0 Å². The van der Waals surface area contributed by atoms with Gasteiger partial charge in [-0.25, -0.2) is 4.98 Å². The highest BCUT2D eigenvalue weighted by Gasteiger charge is 2.36. The summed E-state index contributed by atoms with van der Waals surface area (Å²) in [5.41, 5.74) is 1.04. The minimum Gasteiger partial charge on any atom is -0.378 e. The van der Waals surface area contributed by atoms with Crippen molar-refractivity contribution >= 4 is 36.6 Å². The molecule has 1 aromatic rings. The predicted molar refractivity (Wildman–Crippen MR) is 112 cm³/mol. The Labute approximate surface area is 170 Å². The predicted octanol–water partition coefficient (Wildman–Crippen LogP) is 2.49. The summed E-state index contributed by atoms with van der Waals surface area (Å²) < 4.78 is 5.45. The fourth-order valence-corrected chi connectivity index (χ4v) is 3.80. The standard InChI is InChI=1S/C18H31N5O.2ClH/c1-13(2)15-11-23(12-16(15)21(4)5)17-10-14(3)19-18(20-17)22-6-8-24-9-7-22;;/h10,13,15-16H,6-9,11-12H2,1-5H3;2*1H/t15-,16+;;/m1../s1. The minimum absolute atomic E-state index is 0. The molecule has 0 N–H and O–H groups in total. The van der Waals surface area contributed by atoms with Crippen LogP contribution in [0.1, 0.15) is 19.5 Å². The maximum absolute atomic E-state index is 5.45. The highest BCUT2D eigenvalue weighted by Crippen LogP contribution is 2.31. The third-order valence-corrected chi connectivity index (χ3v) is 5.30. The second-order valence-corrected chi connectivity index (χ2v) is 7.61. The van der Waals surface area contributed by atoms with Gasteiger partial charge < -0.3 is 19.4 Å². The Morgan fingerprint density at radius 2 is 1.73 bits per heavy atom. The molecule has 0 spiro atoms. The summed E-state index contributed by atoms with van der Waals surface area (Å²) >= 11 is 0. The third-order valence-electron chi connectivity index (χ3n) is 5.30. The van der Waals surface area contributed by atoms with Crippen molar-refractivity contribution in [3.05, 3.63) is 11.8 Å². The molecule has 3 heterocycles. The van der Waals surface area contributed by atoms with Crippen LogP contribution in [-0.4, -0.2) is 74.4 Å². The number of likely N-dealkylation sites (N-methyl/N-ethyl adjacent to an activating group) is 1. The Kier molecular flexibility index (Phi) is 8.86. The molecule has 26 heavy (non-hydrogen) atoms. The second-order valence-electron chi connectivity index (χ2n) is 7.61. The van der Waals surface area contributed by atoms with Crippen LogP contribution in [0.2, 0.25) is 0 Å². The normalized spacial score (nSPS) is 23.2. The molecule has 150 valence electrons. The molecule has 3 rings (SSSR count). The highest BCUT2D eigenvalue weighted by atomic mass is 35.5. The number of halogens is 2. The highest BCUT2D eigenvalue weighted by molar-refractivity contribution is 5.85. The fourth-order valence-electron chi connectivity index (χ4n) is 3.80. The second kappa shape index (κ2) is 9.93. The lowest BCUT2D eigenvalue weighted by atomic mass is 9.91. The first kappa shape index (κ1) is 23.2. The van der Waals surface area contributed by atoms with Gasteiger partial charge in [-0.2, -0.15) is 4.98 Å². The zero-order valence-corrected chi connectivity index (χ0v) is 18.1. The average Bonchev–Trinajstić information content (AvgIpc) is 3.01. The maximum Gasteiger partial charge on any atom is 0.227 e. The van der Waals surface area contributed by atoms with E-state index in [1.54, 1.807) is 0 Å². The van der Waals surface area contributed by atoms with Crippen LogP contribution in [0.15, 0.2) is 6.07 Å². The van der Waals surface area contributed by atoms with Crippen molar-refractivity contribution < 1.29 is 4.74 Å². The van der Waals surface area contributed by atoms with Crippen molar-refractivity contribution in [1.82, 2.24) is 14.9 Å². The molecule has 0 aliphatic carbocycles. The van der Waals surface area contributed by atoms with E-state index in [0.29, 0.717) is 17.9 Å². The number of ether oxygens (including phenoxy) is 1. The van der Waals surface area contributed by atoms with Crippen LogP contribution < -0.4 is 9.80 Å². The van der Waals surface area contributed by atoms with Gasteiger partial charge in [0.15, 0.2) is 0 Å². The van der Waals surface area contributed by atoms with Gasteiger partial charge in [-0.3, -0.25) is 0 Å². The van der Waals surface area contributed by atoms with E-state index in [4.69, 9.17) is 9.72 Å². The van der Waals surface area contributed by atoms with Crippen molar-refractivity contribution in [3.8, 4) is 0 Å². The maximum atomic E-state index is 5.45. The Bertz CT molecular complexity index is 551. The van der Waals surface area contributed by atoms with Gasteiger partial charge in [-0.15, -0.1) is 24.8 Å². The molecule has 0 unspecified atom stereocenters. The zero-order valence-electron chi connectivity index (χ0n) is 16.5. The molecule has 0 aromatic carbocycles. The number of hydrogen-bond acceptors (Lipinski definition) is 6. The lowest BCUT2D eigenvalue weighted by Crippen LogP contribution is -2.38. The van der Waals surface area contributed by atoms with Crippen molar-refractivity contribution in [2.24, 2.45) is 11.8 Å². The van der Waals surface area contributed by atoms with Gasteiger partial charge >= 0.3 is 0 Å². The van der Waals surface area contributed by atoms with E-state index >= 15 is 0 Å². The van der Waals surface area contributed by atoms with Crippen LogP contribution in [0.5, 0.6) is 0 Å². The molecule has 8 heteroatoms. The first-order chi connectivity index (χ1) is 11.5. The molecule has 2 saturated heterocycles. The molecule has 6 nitrogen and oxygen atoms in total. The SMILES string of the molecule is Cc1cc(N2C[C@H](C(C)C)[C@@H](N(C)C)C2)nc(N2CCOCC2)n1.Cl.Cl. The number of rotatable bonds is 4. The van der Waals surface area contributed by atoms with Crippen molar-refractivity contribution in [3.63, 3.8) is 0 Å².